The van der Waals surface area contributed by atoms with E-state index in [1.54, 1.807) is 12.1 Å². The van der Waals surface area contributed by atoms with Gasteiger partial charge in [0.25, 0.3) is 0 Å². The first-order chi connectivity index (χ1) is 17.0. The zero-order valence-electron chi connectivity index (χ0n) is 19.7. The molecule has 0 radical (unpaired) electrons. The smallest absolute Gasteiger partial charge is 0.338 e. The fourth-order valence-electron chi connectivity index (χ4n) is 3.92. The second-order valence-corrected chi connectivity index (χ2v) is 7.71. The molecule has 8 heteroatoms. The highest BCUT2D eigenvalue weighted by atomic mass is 16.5. The van der Waals surface area contributed by atoms with Crippen LogP contribution in [0.5, 0.6) is 17.2 Å². The number of nitrogens with one attached hydrogen (secondary N) is 2. The summed E-state index contributed by atoms with van der Waals surface area (Å²) in [6, 6.07) is 21.0. The molecule has 3 aromatic carbocycles. The van der Waals surface area contributed by atoms with Gasteiger partial charge in [0, 0.05) is 0 Å². The Hall–Kier alpha value is -4.46. The number of rotatable bonds is 8. The fraction of sp³-hybridized carbons (Fsp3) is 0.185. The van der Waals surface area contributed by atoms with Gasteiger partial charge in [-0.15, -0.1) is 0 Å². The predicted molar refractivity (Wildman–Crippen MR) is 130 cm³/mol. The summed E-state index contributed by atoms with van der Waals surface area (Å²) in [7, 11) is 4.33. The Morgan fingerprint density at radius 2 is 1.49 bits per heavy atom. The topological polar surface area (TPSA) is 95.1 Å². The van der Waals surface area contributed by atoms with Gasteiger partial charge in [-0.2, -0.15) is 0 Å². The van der Waals surface area contributed by atoms with E-state index in [0.717, 1.165) is 5.56 Å². The van der Waals surface area contributed by atoms with Crippen molar-refractivity contribution in [1.29, 1.82) is 0 Å². The quantitative estimate of drug-likeness (QED) is 0.475. The molecule has 0 saturated heterocycles. The summed E-state index contributed by atoms with van der Waals surface area (Å²) in [6.07, 6.45) is 0. The van der Waals surface area contributed by atoms with E-state index >= 15 is 0 Å². The number of methoxy groups -OCH3 is 3. The summed E-state index contributed by atoms with van der Waals surface area (Å²) in [5, 5.41) is 5.56. The third kappa shape index (κ3) is 5.06. The standard InChI is InChI=1S/C27H26N2O6/c1-32-20-14-19(15-21(33-2)25(20)35-16-17-10-6-4-7-11-17)24-22(26(30)34-3)23(28-27(31)29-24)18-12-8-5-9-13-18/h4-15,24H,16H2,1-3H3,(H2,28,29,31). The normalized spacial score (nSPS) is 15.1. The van der Waals surface area contributed by atoms with Gasteiger partial charge in [0.05, 0.1) is 38.6 Å². The number of carbonyl (C=O) groups is 2. The minimum absolute atomic E-state index is 0.250. The number of amides is 2. The number of hydrogen-bond acceptors (Lipinski definition) is 6. The van der Waals surface area contributed by atoms with Crippen molar-refractivity contribution >= 4 is 17.7 Å². The van der Waals surface area contributed by atoms with Crippen molar-refractivity contribution in [2.75, 3.05) is 21.3 Å². The van der Waals surface area contributed by atoms with Crippen molar-refractivity contribution in [2.24, 2.45) is 0 Å². The van der Waals surface area contributed by atoms with Gasteiger partial charge in [-0.1, -0.05) is 60.7 Å². The Balaban J connectivity index is 1.79. The van der Waals surface area contributed by atoms with Crippen LogP contribution in [0.1, 0.15) is 22.7 Å². The monoisotopic (exact) mass is 474 g/mol. The maximum atomic E-state index is 12.9. The van der Waals surface area contributed by atoms with Crippen LogP contribution in [-0.4, -0.2) is 33.3 Å². The molecular weight excluding hydrogens is 448 g/mol. The largest absolute Gasteiger partial charge is 0.493 e. The first kappa shape index (κ1) is 23.7. The average Bonchev–Trinajstić information content (AvgIpc) is 2.91. The third-order valence-corrected chi connectivity index (χ3v) is 5.58. The molecule has 0 fully saturated rings. The average molecular weight is 475 g/mol. The minimum atomic E-state index is -0.822. The molecule has 1 unspecified atom stereocenters. The van der Waals surface area contributed by atoms with Crippen molar-refractivity contribution < 1.29 is 28.5 Å². The number of urea groups is 1. The highest BCUT2D eigenvalue weighted by Gasteiger charge is 2.35. The zero-order valence-corrected chi connectivity index (χ0v) is 19.7. The lowest BCUT2D eigenvalue weighted by Gasteiger charge is -2.30. The molecule has 1 atom stereocenters. The van der Waals surface area contributed by atoms with Gasteiger partial charge in [-0.05, 0) is 28.8 Å². The lowest BCUT2D eigenvalue weighted by molar-refractivity contribution is -0.136. The van der Waals surface area contributed by atoms with Crippen LogP contribution < -0.4 is 24.8 Å². The molecule has 2 amide bonds. The van der Waals surface area contributed by atoms with Gasteiger partial charge in [0.1, 0.15) is 6.61 Å². The maximum absolute atomic E-state index is 12.9. The van der Waals surface area contributed by atoms with E-state index in [1.165, 1.54) is 21.3 Å². The number of benzene rings is 3. The van der Waals surface area contributed by atoms with E-state index in [9.17, 15) is 9.59 Å². The molecular formula is C27H26N2O6. The molecule has 1 aliphatic rings. The maximum Gasteiger partial charge on any atom is 0.338 e. The van der Waals surface area contributed by atoms with Crippen LogP contribution in [-0.2, 0) is 16.1 Å². The third-order valence-electron chi connectivity index (χ3n) is 5.58. The highest BCUT2D eigenvalue weighted by molar-refractivity contribution is 6.04. The first-order valence-electron chi connectivity index (χ1n) is 10.9. The number of esters is 1. The van der Waals surface area contributed by atoms with Crippen LogP contribution in [0.25, 0.3) is 5.70 Å². The van der Waals surface area contributed by atoms with Crippen molar-refractivity contribution in [1.82, 2.24) is 10.6 Å². The molecule has 3 aromatic rings. The number of carbonyl (C=O) groups excluding carboxylic acids is 2. The van der Waals surface area contributed by atoms with Crippen molar-refractivity contribution in [3.8, 4) is 17.2 Å². The van der Waals surface area contributed by atoms with Crippen molar-refractivity contribution in [3.05, 3.63) is 95.1 Å². The SMILES string of the molecule is COC(=O)C1=C(c2ccccc2)NC(=O)NC1c1cc(OC)c(OCc2ccccc2)c(OC)c1. The second-order valence-electron chi connectivity index (χ2n) is 7.71. The van der Waals surface area contributed by atoms with Crippen LogP contribution in [0, 0.1) is 0 Å². The molecule has 2 N–H and O–H groups in total. The van der Waals surface area contributed by atoms with E-state index in [0.29, 0.717) is 40.7 Å². The lowest BCUT2D eigenvalue weighted by Crippen LogP contribution is -2.45. The van der Waals surface area contributed by atoms with Gasteiger partial charge in [-0.25, -0.2) is 9.59 Å². The van der Waals surface area contributed by atoms with Crippen molar-refractivity contribution in [3.63, 3.8) is 0 Å². The molecule has 0 spiro atoms. The van der Waals surface area contributed by atoms with Crippen LogP contribution in [0.2, 0.25) is 0 Å². The molecule has 4 rings (SSSR count). The van der Waals surface area contributed by atoms with Gasteiger partial charge in [0.15, 0.2) is 11.5 Å². The zero-order chi connectivity index (χ0) is 24.8. The minimum Gasteiger partial charge on any atom is -0.493 e. The van der Waals surface area contributed by atoms with Crippen LogP contribution in [0.4, 0.5) is 4.79 Å². The number of ether oxygens (including phenoxy) is 4. The Morgan fingerprint density at radius 1 is 0.886 bits per heavy atom. The molecule has 0 saturated carbocycles. The summed E-state index contributed by atoms with van der Waals surface area (Å²) in [5.41, 5.74) is 2.84. The molecule has 35 heavy (non-hydrogen) atoms. The second kappa shape index (κ2) is 10.6. The summed E-state index contributed by atoms with van der Waals surface area (Å²) in [5.74, 6) is 0.625. The summed E-state index contributed by atoms with van der Waals surface area (Å²) in [4.78, 5) is 25.5. The number of hydrogen-bond donors (Lipinski definition) is 2. The van der Waals surface area contributed by atoms with Crippen LogP contribution >= 0.6 is 0 Å². The summed E-state index contributed by atoms with van der Waals surface area (Å²) in [6.45, 7) is 0.308. The first-order valence-corrected chi connectivity index (χ1v) is 10.9. The van der Waals surface area contributed by atoms with Gasteiger partial charge < -0.3 is 29.6 Å². The Bertz CT molecular complexity index is 1220. The fourth-order valence-corrected chi connectivity index (χ4v) is 3.92. The molecule has 8 nitrogen and oxygen atoms in total. The van der Waals surface area contributed by atoms with Crippen molar-refractivity contribution in [2.45, 2.75) is 12.6 Å². The molecule has 180 valence electrons. The van der Waals surface area contributed by atoms with E-state index < -0.39 is 18.0 Å². The van der Waals surface area contributed by atoms with E-state index in [2.05, 4.69) is 10.6 Å². The highest BCUT2D eigenvalue weighted by Crippen LogP contribution is 2.43. The summed E-state index contributed by atoms with van der Waals surface area (Å²) < 4.78 is 22.3. The Morgan fingerprint density at radius 3 is 2.06 bits per heavy atom. The Kier molecular flexibility index (Phi) is 7.21. The van der Waals surface area contributed by atoms with E-state index in [-0.39, 0.29) is 5.57 Å². The van der Waals surface area contributed by atoms with Gasteiger partial charge in [-0.3, -0.25) is 0 Å². The lowest BCUT2D eigenvalue weighted by atomic mass is 9.92. The molecule has 1 heterocycles. The molecule has 0 bridgehead atoms. The Labute approximate surface area is 203 Å². The van der Waals surface area contributed by atoms with Gasteiger partial charge in [0.2, 0.25) is 5.75 Å². The van der Waals surface area contributed by atoms with E-state index in [1.807, 2.05) is 60.7 Å². The van der Waals surface area contributed by atoms with Crippen LogP contribution in [0.15, 0.2) is 78.4 Å². The van der Waals surface area contributed by atoms with Crippen LogP contribution in [0.3, 0.4) is 0 Å². The molecule has 0 aliphatic carbocycles. The molecule has 0 aromatic heterocycles. The molecule has 1 aliphatic heterocycles. The van der Waals surface area contributed by atoms with Gasteiger partial charge >= 0.3 is 12.0 Å². The van der Waals surface area contributed by atoms with E-state index in [4.69, 9.17) is 18.9 Å². The predicted octanol–water partition coefficient (Wildman–Crippen LogP) is 4.22. The summed E-state index contributed by atoms with van der Waals surface area (Å²) >= 11 is 0.